The van der Waals surface area contributed by atoms with E-state index in [1.54, 1.807) is 10.6 Å². The van der Waals surface area contributed by atoms with Crippen molar-refractivity contribution in [3.05, 3.63) is 65.7 Å². The van der Waals surface area contributed by atoms with Crippen LogP contribution in [0.25, 0.3) is 33.5 Å². The number of nitrogens with zero attached hydrogens (tertiary/aromatic N) is 3. The Morgan fingerprint density at radius 1 is 0.860 bits per heavy atom. The maximum absolute atomic E-state index is 12.7. The number of fused-ring (bicyclic) bond motifs is 1. The van der Waals surface area contributed by atoms with Crippen LogP contribution in [0.3, 0.4) is 0 Å². The number of hydrogen-bond acceptors (Lipinski definition) is 5. The molecular formula is C35H46ClN3O3S. The van der Waals surface area contributed by atoms with Gasteiger partial charge >= 0.3 is 0 Å². The highest BCUT2D eigenvalue weighted by Crippen LogP contribution is 2.34. The van der Waals surface area contributed by atoms with Crippen molar-refractivity contribution in [2.24, 2.45) is 11.3 Å². The third-order valence-electron chi connectivity index (χ3n) is 8.22. The Balaban J connectivity index is 1.48. The third-order valence-corrected chi connectivity index (χ3v) is 9.48. The molecule has 4 rings (SSSR count). The van der Waals surface area contributed by atoms with E-state index in [0.717, 1.165) is 29.4 Å². The summed E-state index contributed by atoms with van der Waals surface area (Å²) in [6.45, 7) is 9.72. The fourth-order valence-corrected chi connectivity index (χ4v) is 6.69. The van der Waals surface area contributed by atoms with E-state index in [2.05, 4.69) is 44.8 Å². The molecule has 4 aromatic rings. The Labute approximate surface area is 262 Å². The van der Waals surface area contributed by atoms with Gasteiger partial charge in [-0.3, -0.25) is 4.57 Å². The standard InChI is InChI=1S/C35H46ClN3O3S/c1-6-7-8-9-10-14-17-29(35(2,3)4)22-23-42-25-39-31-24-30(36)32(37-33(31)38-34(39)43(5,40)41)28-20-18-27(19-21-28)26-15-12-11-13-16-26/h11-13,15-16,18-21,24,29H,6-10,14,17,22-23,25H2,1-5H3. The summed E-state index contributed by atoms with van der Waals surface area (Å²) in [6.07, 6.45) is 11.0. The minimum Gasteiger partial charge on any atom is -0.361 e. The summed E-state index contributed by atoms with van der Waals surface area (Å²) >= 11 is 6.74. The second kappa shape index (κ2) is 14.8. The Kier molecular flexibility index (Phi) is 11.4. The molecule has 8 heteroatoms. The molecule has 0 fully saturated rings. The number of pyridine rings is 1. The zero-order valence-electron chi connectivity index (χ0n) is 26.3. The highest BCUT2D eigenvalue weighted by atomic mass is 35.5. The fourth-order valence-electron chi connectivity index (χ4n) is 5.63. The largest absolute Gasteiger partial charge is 0.361 e. The predicted molar refractivity (Wildman–Crippen MR) is 178 cm³/mol. The van der Waals surface area contributed by atoms with Crippen LogP contribution in [0.15, 0.2) is 65.8 Å². The first-order chi connectivity index (χ1) is 20.5. The van der Waals surface area contributed by atoms with Crippen molar-refractivity contribution in [1.82, 2.24) is 14.5 Å². The molecule has 1 atom stereocenters. The molecule has 6 nitrogen and oxygen atoms in total. The Hall–Kier alpha value is -2.74. The summed E-state index contributed by atoms with van der Waals surface area (Å²) in [5.74, 6) is 0.527. The van der Waals surface area contributed by atoms with Crippen LogP contribution in [-0.4, -0.2) is 35.8 Å². The number of rotatable bonds is 15. The zero-order valence-corrected chi connectivity index (χ0v) is 27.8. The smallest absolute Gasteiger partial charge is 0.231 e. The number of sulfone groups is 1. The van der Waals surface area contributed by atoms with E-state index in [1.807, 2.05) is 42.5 Å². The van der Waals surface area contributed by atoms with E-state index in [9.17, 15) is 8.42 Å². The van der Waals surface area contributed by atoms with Crippen molar-refractivity contribution in [1.29, 1.82) is 0 Å². The van der Waals surface area contributed by atoms with Crippen molar-refractivity contribution in [2.45, 2.75) is 90.9 Å². The molecule has 0 aliphatic rings. The summed E-state index contributed by atoms with van der Waals surface area (Å²) in [6, 6.07) is 19.9. The zero-order chi connectivity index (χ0) is 31.0. The summed E-state index contributed by atoms with van der Waals surface area (Å²) in [5, 5.41) is 0.356. The van der Waals surface area contributed by atoms with Gasteiger partial charge in [0, 0.05) is 18.4 Å². The number of halogens is 1. The summed E-state index contributed by atoms with van der Waals surface area (Å²) in [5.41, 5.74) is 4.64. The summed E-state index contributed by atoms with van der Waals surface area (Å²) < 4.78 is 33.1. The van der Waals surface area contributed by atoms with Gasteiger partial charge < -0.3 is 4.74 Å². The SMILES string of the molecule is CCCCCCCCC(CCOCn1c(S(C)(=O)=O)nc2nc(-c3ccc(-c4ccccc4)cc3)c(Cl)cc21)C(C)(C)C. The minimum atomic E-state index is -3.63. The first-order valence-corrected chi connectivity index (χ1v) is 17.8. The van der Waals surface area contributed by atoms with Gasteiger partial charge in [0.25, 0.3) is 0 Å². The maximum Gasteiger partial charge on any atom is 0.231 e. The van der Waals surface area contributed by atoms with Crippen LogP contribution in [0.1, 0.15) is 79.1 Å². The molecule has 1 unspecified atom stereocenters. The van der Waals surface area contributed by atoms with Gasteiger partial charge in [-0.1, -0.05) is 132 Å². The second-order valence-corrected chi connectivity index (χ2v) is 15.0. The van der Waals surface area contributed by atoms with Crippen LogP contribution in [0.2, 0.25) is 5.02 Å². The van der Waals surface area contributed by atoms with Gasteiger partial charge in [0.15, 0.2) is 5.65 Å². The molecule has 232 valence electrons. The molecule has 0 spiro atoms. The number of aromatic nitrogens is 3. The van der Waals surface area contributed by atoms with Crippen LogP contribution < -0.4 is 0 Å². The van der Waals surface area contributed by atoms with Gasteiger partial charge in [0.1, 0.15) is 6.73 Å². The number of imidazole rings is 1. The highest BCUT2D eigenvalue weighted by molar-refractivity contribution is 7.90. The van der Waals surface area contributed by atoms with Crippen molar-refractivity contribution >= 4 is 32.6 Å². The molecule has 0 amide bonds. The van der Waals surface area contributed by atoms with Gasteiger partial charge in [0.05, 0.1) is 16.2 Å². The van der Waals surface area contributed by atoms with Gasteiger partial charge in [-0.15, -0.1) is 0 Å². The van der Waals surface area contributed by atoms with Gasteiger partial charge in [-0.25, -0.2) is 13.4 Å². The van der Waals surface area contributed by atoms with E-state index in [1.165, 1.54) is 44.9 Å². The number of unbranched alkanes of at least 4 members (excludes halogenated alkanes) is 5. The number of ether oxygens (including phenoxy) is 1. The number of benzene rings is 2. The second-order valence-electron chi connectivity index (χ2n) is 12.6. The van der Waals surface area contributed by atoms with Crippen LogP contribution in [0.5, 0.6) is 0 Å². The van der Waals surface area contributed by atoms with E-state index >= 15 is 0 Å². The van der Waals surface area contributed by atoms with Crippen molar-refractivity contribution in [2.75, 3.05) is 12.9 Å². The van der Waals surface area contributed by atoms with Crippen LogP contribution in [-0.2, 0) is 21.3 Å². The Bertz CT molecular complexity index is 1580. The molecule has 2 aromatic heterocycles. The Morgan fingerprint density at radius 3 is 2.14 bits per heavy atom. The molecule has 0 aliphatic carbocycles. The first-order valence-electron chi connectivity index (χ1n) is 15.5. The highest BCUT2D eigenvalue weighted by Gasteiger charge is 2.25. The molecule has 0 saturated carbocycles. The first kappa shape index (κ1) is 33.2. The lowest BCUT2D eigenvalue weighted by atomic mass is 9.76. The maximum atomic E-state index is 12.7. The number of hydrogen-bond donors (Lipinski definition) is 0. The molecule has 2 aromatic carbocycles. The average molecular weight is 624 g/mol. The lowest BCUT2D eigenvalue weighted by Gasteiger charge is -2.31. The van der Waals surface area contributed by atoms with Crippen molar-refractivity contribution in [3.8, 4) is 22.4 Å². The lowest BCUT2D eigenvalue weighted by Crippen LogP contribution is -2.22. The van der Waals surface area contributed by atoms with Crippen LogP contribution >= 0.6 is 11.6 Å². The topological polar surface area (TPSA) is 74.1 Å². The monoisotopic (exact) mass is 623 g/mol. The molecule has 43 heavy (non-hydrogen) atoms. The molecular weight excluding hydrogens is 578 g/mol. The molecule has 0 saturated heterocycles. The molecule has 0 aliphatic heterocycles. The van der Waals surface area contributed by atoms with Gasteiger partial charge in [-0.05, 0) is 41.4 Å². The van der Waals surface area contributed by atoms with Gasteiger partial charge in [-0.2, -0.15) is 4.98 Å². The van der Waals surface area contributed by atoms with Crippen LogP contribution in [0.4, 0.5) is 0 Å². The Morgan fingerprint density at radius 2 is 1.49 bits per heavy atom. The minimum absolute atomic E-state index is 0.0654. The molecule has 0 N–H and O–H groups in total. The van der Waals surface area contributed by atoms with E-state index in [4.69, 9.17) is 21.3 Å². The summed E-state index contributed by atoms with van der Waals surface area (Å²) in [4.78, 5) is 9.13. The fraction of sp³-hybridized carbons (Fsp3) is 0.486. The van der Waals surface area contributed by atoms with E-state index in [-0.39, 0.29) is 17.3 Å². The summed E-state index contributed by atoms with van der Waals surface area (Å²) in [7, 11) is -3.63. The predicted octanol–water partition coefficient (Wildman–Crippen LogP) is 9.60. The van der Waals surface area contributed by atoms with E-state index < -0.39 is 9.84 Å². The lowest BCUT2D eigenvalue weighted by molar-refractivity contribution is 0.0489. The van der Waals surface area contributed by atoms with Crippen molar-refractivity contribution in [3.63, 3.8) is 0 Å². The molecule has 0 radical (unpaired) electrons. The third kappa shape index (κ3) is 8.90. The van der Waals surface area contributed by atoms with Crippen molar-refractivity contribution < 1.29 is 13.2 Å². The average Bonchev–Trinajstić information content (AvgIpc) is 3.33. The van der Waals surface area contributed by atoms with Crippen LogP contribution in [0, 0.1) is 11.3 Å². The molecule has 2 heterocycles. The molecule has 0 bridgehead atoms. The quantitative estimate of drug-likeness (QED) is 0.123. The van der Waals surface area contributed by atoms with E-state index in [0.29, 0.717) is 34.4 Å². The van der Waals surface area contributed by atoms with Gasteiger partial charge in [0.2, 0.25) is 15.0 Å². The normalized spacial score (nSPS) is 13.1.